The Kier molecular flexibility index (Phi) is 4.24. The molecule has 1 atom stereocenters. The molecule has 1 amide bonds. The van der Waals surface area contributed by atoms with E-state index in [2.05, 4.69) is 5.32 Å². The van der Waals surface area contributed by atoms with Crippen LogP contribution in [-0.4, -0.2) is 37.0 Å². The molecule has 1 aliphatic rings. The Morgan fingerprint density at radius 2 is 1.78 bits per heavy atom. The molecule has 0 aromatic heterocycles. The minimum Gasteiger partial charge on any atom is -0.508 e. The van der Waals surface area contributed by atoms with Crippen molar-refractivity contribution in [2.75, 3.05) is 0 Å². The second-order valence-electron chi connectivity index (χ2n) is 4.96. The van der Waals surface area contributed by atoms with Crippen LogP contribution in [0.2, 0.25) is 0 Å². The van der Waals surface area contributed by atoms with E-state index in [-0.39, 0.29) is 17.5 Å². The number of phenols is 1. The van der Waals surface area contributed by atoms with Crippen molar-refractivity contribution in [3.63, 3.8) is 0 Å². The average molecular weight is 363 g/mol. The number of benzene rings is 1. The van der Waals surface area contributed by atoms with Gasteiger partial charge in [0.1, 0.15) is 5.75 Å². The molecule has 1 aliphatic carbocycles. The molecule has 0 fully saturated rings. The lowest BCUT2D eigenvalue weighted by Gasteiger charge is -2.26. The number of carbonyl (C=O) groups is 1. The first-order valence-electron chi connectivity index (χ1n) is 6.19. The number of fused-ring (bicyclic) bond motifs is 1. The maximum absolute atomic E-state index is 11.3. The molecular weight excluding hydrogens is 350 g/mol. The van der Waals surface area contributed by atoms with E-state index in [0.29, 0.717) is 0 Å². The van der Waals surface area contributed by atoms with Crippen molar-refractivity contribution in [2.24, 2.45) is 0 Å². The summed E-state index contributed by atoms with van der Waals surface area (Å²) in [5.41, 5.74) is 0.0234. The Morgan fingerprint density at radius 1 is 1.17 bits per heavy atom. The average Bonchev–Trinajstić information content (AvgIpc) is 2.34. The number of amides is 1. The molecule has 0 radical (unpaired) electrons. The van der Waals surface area contributed by atoms with Crippen molar-refractivity contribution in [3.05, 3.63) is 28.2 Å². The number of carbonyl (C=O) groups excluding carboxylic acids is 1. The zero-order valence-electron chi connectivity index (χ0n) is 11.7. The fourth-order valence-corrected chi connectivity index (χ4v) is 3.55. The maximum Gasteiger partial charge on any atom is 0.294 e. The topological polar surface area (TPSA) is 158 Å². The zero-order valence-corrected chi connectivity index (χ0v) is 13.3. The monoisotopic (exact) mass is 363 g/mol. The molecule has 0 spiro atoms. The van der Waals surface area contributed by atoms with Crippen molar-refractivity contribution in [3.8, 4) is 5.75 Å². The first-order valence-corrected chi connectivity index (χ1v) is 9.07. The molecule has 0 heterocycles. The van der Waals surface area contributed by atoms with Crippen molar-refractivity contribution in [2.45, 2.75) is 24.3 Å². The first-order chi connectivity index (χ1) is 10.4. The van der Waals surface area contributed by atoms with Gasteiger partial charge in [0.15, 0.2) is 0 Å². The Morgan fingerprint density at radius 3 is 2.26 bits per heavy atom. The summed E-state index contributed by atoms with van der Waals surface area (Å²) in [7, 11) is -9.22. The van der Waals surface area contributed by atoms with Gasteiger partial charge in [-0.15, -0.1) is 0 Å². The second kappa shape index (κ2) is 5.60. The molecule has 0 saturated heterocycles. The third-order valence-corrected chi connectivity index (χ3v) is 5.02. The van der Waals surface area contributed by atoms with E-state index in [0.717, 1.165) is 18.2 Å². The van der Waals surface area contributed by atoms with Gasteiger partial charge in [-0.05, 0) is 17.7 Å². The standard InChI is InChI=1S/C12H13NO8S2/c1-6(14)13-10-4-8(22(16,17)18)2-7-3-9(23(19,20)21)5-11(15)12(7)10/h2-3,5,10,15H,4H2,1H3,(H,13,14)(H,16,17,18)(H,19,20,21). The van der Waals surface area contributed by atoms with E-state index in [4.69, 9.17) is 4.55 Å². The second-order valence-corrected chi connectivity index (χ2v) is 7.86. The van der Waals surface area contributed by atoms with Crippen LogP contribution in [0.25, 0.3) is 6.08 Å². The highest BCUT2D eigenvalue weighted by Gasteiger charge is 2.31. The number of hydrogen-bond acceptors (Lipinski definition) is 6. The molecular formula is C12H13NO8S2. The SMILES string of the molecule is CC(=O)NC1CC(S(=O)(=O)O)=Cc2cc(S(=O)(=O)O)cc(O)c21. The Labute approximate surface area is 132 Å². The third kappa shape index (κ3) is 3.69. The quantitative estimate of drug-likeness (QED) is 0.563. The summed E-state index contributed by atoms with van der Waals surface area (Å²) in [4.78, 5) is 10.1. The van der Waals surface area contributed by atoms with Crippen LogP contribution in [0.1, 0.15) is 30.5 Å². The molecule has 4 N–H and O–H groups in total. The molecule has 0 bridgehead atoms. The number of hydrogen-bond donors (Lipinski definition) is 4. The normalized spacial score (nSPS) is 18.0. The van der Waals surface area contributed by atoms with Gasteiger partial charge >= 0.3 is 0 Å². The summed E-state index contributed by atoms with van der Waals surface area (Å²) in [6, 6.07) is 0.735. The third-order valence-electron chi connectivity index (χ3n) is 3.24. The van der Waals surface area contributed by atoms with Crippen LogP contribution in [0.4, 0.5) is 0 Å². The van der Waals surface area contributed by atoms with Gasteiger partial charge in [-0.1, -0.05) is 0 Å². The van der Waals surface area contributed by atoms with Gasteiger partial charge in [0.2, 0.25) is 5.91 Å². The van der Waals surface area contributed by atoms with Crippen molar-refractivity contribution < 1.29 is 35.8 Å². The molecule has 2 rings (SSSR count). The largest absolute Gasteiger partial charge is 0.508 e. The Hall–Kier alpha value is -1.95. The first kappa shape index (κ1) is 17.4. The predicted octanol–water partition coefficient (Wildman–Crippen LogP) is 0.449. The smallest absolute Gasteiger partial charge is 0.294 e. The summed E-state index contributed by atoms with van der Waals surface area (Å²) in [6.45, 7) is 1.18. The van der Waals surface area contributed by atoms with Crippen LogP contribution in [0.15, 0.2) is 21.9 Å². The van der Waals surface area contributed by atoms with Gasteiger partial charge in [0.05, 0.1) is 15.8 Å². The van der Waals surface area contributed by atoms with E-state index in [9.17, 15) is 31.3 Å². The number of phenolic OH excluding ortho intramolecular Hbond substituents is 1. The predicted molar refractivity (Wildman–Crippen MR) is 78.6 cm³/mol. The zero-order chi connectivity index (χ0) is 17.6. The summed E-state index contributed by atoms with van der Waals surface area (Å²) in [5, 5.41) is 12.4. The van der Waals surface area contributed by atoms with Crippen LogP contribution >= 0.6 is 0 Å². The summed E-state index contributed by atoms with van der Waals surface area (Å²) in [5.74, 6) is -1.06. The van der Waals surface area contributed by atoms with Gasteiger partial charge in [-0.3, -0.25) is 13.9 Å². The number of aromatic hydroxyl groups is 1. The van der Waals surface area contributed by atoms with E-state index in [1.54, 1.807) is 0 Å². The van der Waals surface area contributed by atoms with Crippen LogP contribution in [0, 0.1) is 0 Å². The molecule has 11 heteroatoms. The van der Waals surface area contributed by atoms with Crippen molar-refractivity contribution >= 4 is 32.2 Å². The minimum atomic E-state index is -4.64. The molecule has 0 saturated carbocycles. The summed E-state index contributed by atoms with van der Waals surface area (Å²) in [6.07, 6.45) is 0.654. The van der Waals surface area contributed by atoms with E-state index in [1.807, 2.05) is 0 Å². The van der Waals surface area contributed by atoms with Gasteiger partial charge in [0.25, 0.3) is 20.2 Å². The van der Waals surface area contributed by atoms with Crippen molar-refractivity contribution in [1.29, 1.82) is 0 Å². The molecule has 9 nitrogen and oxygen atoms in total. The van der Waals surface area contributed by atoms with E-state index >= 15 is 0 Å². The lowest BCUT2D eigenvalue weighted by atomic mass is 9.91. The number of nitrogens with one attached hydrogen (secondary N) is 1. The molecule has 0 aliphatic heterocycles. The van der Waals surface area contributed by atoms with Crippen LogP contribution < -0.4 is 5.32 Å². The number of rotatable bonds is 3. The molecule has 23 heavy (non-hydrogen) atoms. The van der Waals surface area contributed by atoms with E-state index in [1.165, 1.54) is 6.92 Å². The highest BCUT2D eigenvalue weighted by Crippen LogP contribution is 2.40. The van der Waals surface area contributed by atoms with Crippen LogP contribution in [0.3, 0.4) is 0 Å². The van der Waals surface area contributed by atoms with E-state index < -0.39 is 47.7 Å². The Bertz CT molecular complexity index is 915. The highest BCUT2D eigenvalue weighted by atomic mass is 32.2. The fourth-order valence-electron chi connectivity index (χ4n) is 2.37. The van der Waals surface area contributed by atoms with Gasteiger partial charge in [0, 0.05) is 25.0 Å². The summed E-state index contributed by atoms with van der Waals surface area (Å²) < 4.78 is 63.3. The van der Waals surface area contributed by atoms with Gasteiger partial charge in [-0.25, -0.2) is 0 Å². The van der Waals surface area contributed by atoms with Crippen molar-refractivity contribution in [1.82, 2.24) is 5.32 Å². The maximum atomic E-state index is 11.3. The highest BCUT2D eigenvalue weighted by molar-refractivity contribution is 7.90. The molecule has 1 aromatic rings. The van der Waals surface area contributed by atoms with Gasteiger partial charge < -0.3 is 10.4 Å². The fraction of sp³-hybridized carbons (Fsp3) is 0.250. The van der Waals surface area contributed by atoms with Crippen LogP contribution in [-0.2, 0) is 25.0 Å². The lowest BCUT2D eigenvalue weighted by Crippen LogP contribution is -2.29. The summed E-state index contributed by atoms with van der Waals surface area (Å²) >= 11 is 0. The van der Waals surface area contributed by atoms with Gasteiger partial charge in [-0.2, -0.15) is 16.8 Å². The molecule has 1 unspecified atom stereocenters. The minimum absolute atomic E-state index is 0.0600. The molecule has 1 aromatic carbocycles. The molecule has 126 valence electrons. The Balaban J connectivity index is 2.74. The lowest BCUT2D eigenvalue weighted by molar-refractivity contribution is -0.119. The van der Waals surface area contributed by atoms with Crippen LogP contribution in [0.5, 0.6) is 5.75 Å².